The van der Waals surface area contributed by atoms with Gasteiger partial charge in [0.1, 0.15) is 0 Å². The third-order valence-electron chi connectivity index (χ3n) is 4.62. The van der Waals surface area contributed by atoms with Crippen molar-refractivity contribution < 1.29 is 9.63 Å². The molecule has 2 aromatic carbocycles. The minimum atomic E-state index is -0.518. The highest BCUT2D eigenvalue weighted by molar-refractivity contribution is 5.79. The van der Waals surface area contributed by atoms with Crippen LogP contribution in [0.15, 0.2) is 60.7 Å². The molecule has 1 saturated heterocycles. The maximum Gasteiger partial charge on any atom is 0.332 e. The molecule has 0 radical (unpaired) electrons. The number of hydrogen-bond acceptors (Lipinski definition) is 3. The lowest BCUT2D eigenvalue weighted by Crippen LogP contribution is -2.38. The fourth-order valence-electron chi connectivity index (χ4n) is 2.95. The molecule has 3 rings (SSSR count). The van der Waals surface area contributed by atoms with Gasteiger partial charge in [0.05, 0.1) is 18.0 Å². The molecule has 3 heteroatoms. The van der Waals surface area contributed by atoms with Crippen molar-refractivity contribution in [2.75, 3.05) is 0 Å². The van der Waals surface area contributed by atoms with Gasteiger partial charge < -0.3 is 4.84 Å². The van der Waals surface area contributed by atoms with Crippen molar-refractivity contribution in [1.82, 2.24) is 5.06 Å². The van der Waals surface area contributed by atoms with Gasteiger partial charge >= 0.3 is 5.97 Å². The molecule has 3 nitrogen and oxygen atoms in total. The Labute approximate surface area is 131 Å². The summed E-state index contributed by atoms with van der Waals surface area (Å²) in [6.07, 6.45) is 0.694. The van der Waals surface area contributed by atoms with Crippen LogP contribution in [0, 0.1) is 5.41 Å². The van der Waals surface area contributed by atoms with E-state index in [1.807, 2.05) is 55.5 Å². The van der Waals surface area contributed by atoms with Crippen molar-refractivity contribution in [3.63, 3.8) is 0 Å². The van der Waals surface area contributed by atoms with E-state index in [0.29, 0.717) is 13.0 Å². The van der Waals surface area contributed by atoms with E-state index in [1.54, 1.807) is 5.06 Å². The molecule has 0 bridgehead atoms. The standard InChI is InChI=1S/C19H21NO2/c1-15-19(2,13-16-9-5-3-6-10-16)18(21)22-20(15)14-17-11-7-4-8-12-17/h3-12,15H,13-14H2,1-2H3. The van der Waals surface area contributed by atoms with Crippen LogP contribution in [0.4, 0.5) is 0 Å². The Morgan fingerprint density at radius 3 is 2.14 bits per heavy atom. The van der Waals surface area contributed by atoms with Gasteiger partial charge in [-0.1, -0.05) is 60.7 Å². The third-order valence-corrected chi connectivity index (χ3v) is 4.62. The van der Waals surface area contributed by atoms with Crippen LogP contribution in [0.2, 0.25) is 0 Å². The summed E-state index contributed by atoms with van der Waals surface area (Å²) >= 11 is 0. The van der Waals surface area contributed by atoms with E-state index in [9.17, 15) is 4.79 Å². The van der Waals surface area contributed by atoms with Crippen LogP contribution < -0.4 is 0 Å². The summed E-state index contributed by atoms with van der Waals surface area (Å²) < 4.78 is 0. The average Bonchev–Trinajstić information content (AvgIpc) is 2.74. The summed E-state index contributed by atoms with van der Waals surface area (Å²) in [7, 11) is 0. The lowest BCUT2D eigenvalue weighted by Gasteiger charge is -2.26. The SMILES string of the molecule is CC1N(Cc2ccccc2)OC(=O)C1(C)Cc1ccccc1. The van der Waals surface area contributed by atoms with Crippen molar-refractivity contribution in [2.24, 2.45) is 5.41 Å². The highest BCUT2D eigenvalue weighted by atomic mass is 16.7. The number of carbonyl (C=O) groups excluding carboxylic acids is 1. The Bertz CT molecular complexity index is 641. The van der Waals surface area contributed by atoms with E-state index in [0.717, 1.165) is 11.1 Å². The van der Waals surface area contributed by atoms with E-state index >= 15 is 0 Å². The molecule has 2 atom stereocenters. The number of hydroxylamine groups is 2. The molecule has 114 valence electrons. The highest BCUT2D eigenvalue weighted by Gasteiger charge is 2.51. The topological polar surface area (TPSA) is 29.5 Å². The molecule has 0 amide bonds. The summed E-state index contributed by atoms with van der Waals surface area (Å²) in [6.45, 7) is 4.69. The smallest absolute Gasteiger partial charge is 0.332 e. The number of nitrogens with zero attached hydrogens (tertiary/aromatic N) is 1. The van der Waals surface area contributed by atoms with E-state index in [1.165, 1.54) is 0 Å². The van der Waals surface area contributed by atoms with E-state index in [4.69, 9.17) is 4.84 Å². The number of rotatable bonds is 4. The molecule has 1 heterocycles. The Balaban J connectivity index is 1.77. The first-order chi connectivity index (χ1) is 10.6. The van der Waals surface area contributed by atoms with Crippen molar-refractivity contribution >= 4 is 5.97 Å². The molecule has 0 saturated carbocycles. The molecule has 2 unspecified atom stereocenters. The number of carbonyl (C=O) groups is 1. The molecule has 22 heavy (non-hydrogen) atoms. The molecular formula is C19H21NO2. The molecule has 0 spiro atoms. The zero-order chi connectivity index (χ0) is 15.6. The number of hydrogen-bond donors (Lipinski definition) is 0. The van der Waals surface area contributed by atoms with Crippen LogP contribution in [0.5, 0.6) is 0 Å². The van der Waals surface area contributed by atoms with Crippen molar-refractivity contribution in [3.05, 3.63) is 71.8 Å². The van der Waals surface area contributed by atoms with Gasteiger partial charge in [-0.2, -0.15) is 0 Å². The van der Waals surface area contributed by atoms with Gasteiger partial charge in [0, 0.05) is 0 Å². The Hall–Kier alpha value is -2.13. The maximum absolute atomic E-state index is 12.4. The second-order valence-electron chi connectivity index (χ2n) is 6.20. The Morgan fingerprint density at radius 1 is 1.00 bits per heavy atom. The molecule has 2 aromatic rings. The molecule has 0 aliphatic carbocycles. The molecule has 1 fully saturated rings. The predicted molar refractivity (Wildman–Crippen MR) is 85.8 cm³/mol. The molecule has 0 aromatic heterocycles. The van der Waals surface area contributed by atoms with E-state index in [2.05, 4.69) is 19.1 Å². The van der Waals surface area contributed by atoms with Gasteiger partial charge in [-0.15, -0.1) is 5.06 Å². The summed E-state index contributed by atoms with van der Waals surface area (Å²) in [6, 6.07) is 20.2. The first-order valence-electron chi connectivity index (χ1n) is 7.66. The van der Waals surface area contributed by atoms with Crippen molar-refractivity contribution in [1.29, 1.82) is 0 Å². The van der Waals surface area contributed by atoms with Crippen LogP contribution in [-0.4, -0.2) is 17.1 Å². The van der Waals surface area contributed by atoms with Gasteiger partial charge in [0.15, 0.2) is 0 Å². The van der Waals surface area contributed by atoms with Crippen LogP contribution in [0.25, 0.3) is 0 Å². The quantitative estimate of drug-likeness (QED) is 0.863. The second kappa shape index (κ2) is 5.93. The van der Waals surface area contributed by atoms with Crippen LogP contribution in [-0.2, 0) is 22.6 Å². The fraction of sp³-hybridized carbons (Fsp3) is 0.316. The molecular weight excluding hydrogens is 274 g/mol. The molecule has 0 N–H and O–H groups in total. The first kappa shape index (κ1) is 14.8. The first-order valence-corrected chi connectivity index (χ1v) is 7.66. The van der Waals surface area contributed by atoms with Gasteiger partial charge in [0.2, 0.25) is 0 Å². The summed E-state index contributed by atoms with van der Waals surface area (Å²) in [4.78, 5) is 18.0. The zero-order valence-corrected chi connectivity index (χ0v) is 13.0. The van der Waals surface area contributed by atoms with Crippen LogP contribution in [0.1, 0.15) is 25.0 Å². The molecule has 1 aliphatic heterocycles. The minimum absolute atomic E-state index is 0.0282. The molecule has 1 aliphatic rings. The number of benzene rings is 2. The van der Waals surface area contributed by atoms with Crippen LogP contribution in [0.3, 0.4) is 0 Å². The van der Waals surface area contributed by atoms with E-state index in [-0.39, 0.29) is 12.0 Å². The van der Waals surface area contributed by atoms with Gasteiger partial charge in [0.25, 0.3) is 0 Å². The lowest BCUT2D eigenvalue weighted by atomic mass is 9.78. The fourth-order valence-corrected chi connectivity index (χ4v) is 2.95. The third kappa shape index (κ3) is 2.77. The summed E-state index contributed by atoms with van der Waals surface area (Å²) in [5.74, 6) is -0.139. The largest absolute Gasteiger partial charge is 0.367 e. The normalized spacial score (nSPS) is 25.2. The van der Waals surface area contributed by atoms with Crippen molar-refractivity contribution in [2.45, 2.75) is 32.9 Å². The Kier molecular flexibility index (Phi) is 3.99. The average molecular weight is 295 g/mol. The highest BCUT2D eigenvalue weighted by Crippen LogP contribution is 2.38. The van der Waals surface area contributed by atoms with Gasteiger partial charge in [-0.25, -0.2) is 4.79 Å². The van der Waals surface area contributed by atoms with Crippen molar-refractivity contribution in [3.8, 4) is 0 Å². The summed E-state index contributed by atoms with van der Waals surface area (Å²) in [5.41, 5.74) is 1.79. The summed E-state index contributed by atoms with van der Waals surface area (Å²) in [5, 5.41) is 1.81. The second-order valence-corrected chi connectivity index (χ2v) is 6.20. The van der Waals surface area contributed by atoms with Gasteiger partial charge in [-0.05, 0) is 31.4 Å². The van der Waals surface area contributed by atoms with E-state index < -0.39 is 5.41 Å². The Morgan fingerprint density at radius 2 is 1.55 bits per heavy atom. The monoisotopic (exact) mass is 295 g/mol. The maximum atomic E-state index is 12.4. The minimum Gasteiger partial charge on any atom is -0.367 e. The predicted octanol–water partition coefficient (Wildman–Crippen LogP) is 3.60. The van der Waals surface area contributed by atoms with Gasteiger partial charge in [-0.3, -0.25) is 0 Å². The lowest BCUT2D eigenvalue weighted by molar-refractivity contribution is -0.178. The van der Waals surface area contributed by atoms with Crippen LogP contribution >= 0.6 is 0 Å². The zero-order valence-electron chi connectivity index (χ0n) is 13.0.